The van der Waals surface area contributed by atoms with Gasteiger partial charge in [-0.05, 0) is 54.5 Å². The van der Waals surface area contributed by atoms with Gasteiger partial charge in [0.2, 0.25) is 0 Å². The smallest absolute Gasteiger partial charge is 0.123 e. The maximum Gasteiger partial charge on any atom is 0.123 e. The Labute approximate surface area is 182 Å². The lowest BCUT2D eigenvalue weighted by molar-refractivity contribution is 0.116. The van der Waals surface area contributed by atoms with Crippen LogP contribution in [-0.4, -0.2) is 45.5 Å². The van der Waals surface area contributed by atoms with Gasteiger partial charge in [-0.3, -0.25) is 9.58 Å². The number of rotatable bonds is 7. The van der Waals surface area contributed by atoms with E-state index in [1.807, 2.05) is 29.1 Å². The molecule has 6 heteroatoms. The number of ether oxygens (including phenoxy) is 1. The number of aliphatic hydroxyl groups is 1. The van der Waals surface area contributed by atoms with Gasteiger partial charge in [-0.2, -0.15) is 5.10 Å². The van der Waals surface area contributed by atoms with E-state index in [2.05, 4.69) is 22.1 Å². The van der Waals surface area contributed by atoms with E-state index in [1.165, 1.54) is 17.7 Å². The Hall–Kier alpha value is -2.70. The lowest BCUT2D eigenvalue weighted by atomic mass is 10.0. The van der Waals surface area contributed by atoms with Crippen molar-refractivity contribution in [3.05, 3.63) is 83.9 Å². The molecule has 4 atom stereocenters. The van der Waals surface area contributed by atoms with E-state index in [1.54, 1.807) is 18.3 Å². The standard InChI is InChI=1S/C25H28FN3O2/c26-22-6-8-23(9-7-22)31-24-10-19-14-28(15-20(19)11-24)17-25(30)21-12-27-29(16-21)13-18-4-2-1-3-5-18/h1-9,12,16,19-20,24-25,30H,10-11,13-15,17H2/t19-,20+,24+,25?. The predicted octanol–water partition coefficient (Wildman–Crippen LogP) is 3.89. The quantitative estimate of drug-likeness (QED) is 0.629. The molecule has 1 aliphatic heterocycles. The van der Waals surface area contributed by atoms with E-state index in [4.69, 9.17) is 4.74 Å². The summed E-state index contributed by atoms with van der Waals surface area (Å²) in [6, 6.07) is 16.5. The average molecular weight is 422 g/mol. The van der Waals surface area contributed by atoms with Gasteiger partial charge in [0.05, 0.1) is 24.9 Å². The van der Waals surface area contributed by atoms with Gasteiger partial charge in [0, 0.05) is 31.4 Å². The highest BCUT2D eigenvalue weighted by molar-refractivity contribution is 5.22. The van der Waals surface area contributed by atoms with Crippen molar-refractivity contribution in [2.75, 3.05) is 19.6 Å². The third-order valence-electron chi connectivity index (χ3n) is 6.56. The summed E-state index contributed by atoms with van der Waals surface area (Å²) in [6.07, 6.45) is 5.42. The zero-order valence-electron chi connectivity index (χ0n) is 17.5. The number of halogens is 1. The second kappa shape index (κ2) is 8.81. The Bertz CT molecular complexity index is 978. The van der Waals surface area contributed by atoms with Crippen molar-refractivity contribution >= 4 is 0 Å². The Morgan fingerprint density at radius 1 is 1.03 bits per heavy atom. The van der Waals surface area contributed by atoms with E-state index in [0.717, 1.165) is 37.2 Å². The van der Waals surface area contributed by atoms with Gasteiger partial charge in [-0.1, -0.05) is 30.3 Å². The molecule has 1 saturated heterocycles. The van der Waals surface area contributed by atoms with Crippen LogP contribution in [0.5, 0.6) is 5.75 Å². The molecule has 0 spiro atoms. The molecule has 2 aromatic carbocycles. The molecular formula is C25H28FN3O2. The molecule has 0 radical (unpaired) electrons. The fourth-order valence-corrected chi connectivity index (χ4v) is 5.05. The van der Waals surface area contributed by atoms with E-state index in [0.29, 0.717) is 24.9 Å². The fourth-order valence-electron chi connectivity index (χ4n) is 5.05. The van der Waals surface area contributed by atoms with Crippen LogP contribution in [0, 0.1) is 17.7 Å². The number of aromatic nitrogens is 2. The number of β-amino-alcohol motifs (C(OH)–C–C–N with tert-alkyl or cyclic N) is 1. The van der Waals surface area contributed by atoms with E-state index in [9.17, 15) is 9.50 Å². The first-order chi connectivity index (χ1) is 15.1. The molecule has 3 aromatic rings. The largest absolute Gasteiger partial charge is 0.490 e. The van der Waals surface area contributed by atoms with Crippen molar-refractivity contribution in [3.63, 3.8) is 0 Å². The van der Waals surface area contributed by atoms with E-state index >= 15 is 0 Å². The first kappa shape index (κ1) is 20.2. The van der Waals surface area contributed by atoms with Gasteiger partial charge in [0.15, 0.2) is 0 Å². The molecule has 2 aliphatic rings. The van der Waals surface area contributed by atoms with Crippen molar-refractivity contribution in [1.29, 1.82) is 0 Å². The Morgan fingerprint density at radius 2 is 1.74 bits per heavy atom. The summed E-state index contributed by atoms with van der Waals surface area (Å²) < 4.78 is 21.0. The molecule has 2 fully saturated rings. The lowest BCUT2D eigenvalue weighted by Crippen LogP contribution is -2.28. The molecule has 1 N–H and O–H groups in total. The first-order valence-electron chi connectivity index (χ1n) is 11.0. The Morgan fingerprint density at radius 3 is 2.45 bits per heavy atom. The van der Waals surface area contributed by atoms with Gasteiger partial charge in [0.25, 0.3) is 0 Å². The van der Waals surface area contributed by atoms with Crippen LogP contribution in [0.2, 0.25) is 0 Å². The molecule has 5 nitrogen and oxygen atoms in total. The minimum atomic E-state index is -0.533. The molecule has 1 aliphatic carbocycles. The molecule has 2 heterocycles. The molecule has 5 rings (SSSR count). The fraction of sp³-hybridized carbons (Fsp3) is 0.400. The number of nitrogens with zero attached hydrogens (tertiary/aromatic N) is 3. The number of hydrogen-bond donors (Lipinski definition) is 1. The van der Waals surface area contributed by atoms with E-state index < -0.39 is 6.10 Å². The molecule has 1 aromatic heterocycles. The molecule has 1 saturated carbocycles. The van der Waals surface area contributed by atoms with Crippen molar-refractivity contribution < 1.29 is 14.2 Å². The summed E-state index contributed by atoms with van der Waals surface area (Å²) >= 11 is 0. The highest BCUT2D eigenvalue weighted by Gasteiger charge is 2.42. The summed E-state index contributed by atoms with van der Waals surface area (Å²) in [7, 11) is 0. The van der Waals surface area contributed by atoms with Gasteiger partial charge in [0.1, 0.15) is 11.6 Å². The average Bonchev–Trinajstić information content (AvgIpc) is 3.46. The maximum atomic E-state index is 13.1. The summed E-state index contributed by atoms with van der Waals surface area (Å²) in [5.41, 5.74) is 2.06. The topological polar surface area (TPSA) is 50.5 Å². The number of likely N-dealkylation sites (tertiary alicyclic amines) is 1. The summed E-state index contributed by atoms with van der Waals surface area (Å²) in [6.45, 7) is 3.32. The number of aliphatic hydroxyl groups excluding tert-OH is 1. The number of fused-ring (bicyclic) bond motifs is 1. The zero-order valence-corrected chi connectivity index (χ0v) is 17.5. The van der Waals surface area contributed by atoms with E-state index in [-0.39, 0.29) is 11.9 Å². The molecule has 0 bridgehead atoms. The van der Waals surface area contributed by atoms with Crippen molar-refractivity contribution in [1.82, 2.24) is 14.7 Å². The van der Waals surface area contributed by atoms with Crippen LogP contribution in [0.1, 0.15) is 30.1 Å². The number of benzene rings is 2. The Kier molecular flexibility index (Phi) is 5.74. The van der Waals surface area contributed by atoms with Crippen LogP contribution in [0.3, 0.4) is 0 Å². The summed E-state index contributed by atoms with van der Waals surface area (Å²) in [5.74, 6) is 1.69. The minimum Gasteiger partial charge on any atom is -0.490 e. The van der Waals surface area contributed by atoms with Crippen LogP contribution in [0.4, 0.5) is 4.39 Å². The van der Waals surface area contributed by atoms with Crippen LogP contribution in [0.15, 0.2) is 67.0 Å². The van der Waals surface area contributed by atoms with Crippen molar-refractivity contribution in [2.24, 2.45) is 11.8 Å². The molecule has 162 valence electrons. The lowest BCUT2D eigenvalue weighted by Gasteiger charge is -2.22. The SMILES string of the molecule is OC(CN1C[C@H]2C[C@H](Oc3ccc(F)cc3)C[C@H]2C1)c1cnn(Cc2ccccc2)c1. The third-order valence-corrected chi connectivity index (χ3v) is 6.56. The molecule has 31 heavy (non-hydrogen) atoms. The van der Waals surface area contributed by atoms with Crippen LogP contribution in [-0.2, 0) is 6.54 Å². The first-order valence-corrected chi connectivity index (χ1v) is 11.0. The highest BCUT2D eigenvalue weighted by Crippen LogP contribution is 2.40. The van der Waals surface area contributed by atoms with Gasteiger partial charge in [-0.25, -0.2) is 4.39 Å². The second-order valence-electron chi connectivity index (χ2n) is 8.88. The third kappa shape index (κ3) is 4.81. The Balaban J connectivity index is 1.11. The minimum absolute atomic E-state index is 0.198. The number of hydrogen-bond acceptors (Lipinski definition) is 4. The molecule has 1 unspecified atom stereocenters. The highest BCUT2D eigenvalue weighted by atomic mass is 19.1. The van der Waals surface area contributed by atoms with Gasteiger partial charge < -0.3 is 9.84 Å². The maximum absolute atomic E-state index is 13.1. The zero-order chi connectivity index (χ0) is 21.2. The van der Waals surface area contributed by atoms with Gasteiger partial charge >= 0.3 is 0 Å². The second-order valence-corrected chi connectivity index (χ2v) is 8.88. The normalized spacial score (nSPS) is 24.3. The summed E-state index contributed by atoms with van der Waals surface area (Å²) in [4.78, 5) is 2.36. The van der Waals surface area contributed by atoms with Crippen LogP contribution in [0.25, 0.3) is 0 Å². The van der Waals surface area contributed by atoms with Crippen molar-refractivity contribution in [2.45, 2.75) is 31.6 Å². The van der Waals surface area contributed by atoms with Gasteiger partial charge in [-0.15, -0.1) is 0 Å². The summed E-state index contributed by atoms with van der Waals surface area (Å²) in [5, 5.41) is 15.2. The van der Waals surface area contributed by atoms with Crippen molar-refractivity contribution in [3.8, 4) is 5.75 Å². The van der Waals surface area contributed by atoms with Crippen LogP contribution >= 0.6 is 0 Å². The predicted molar refractivity (Wildman–Crippen MR) is 116 cm³/mol. The molecule has 0 amide bonds. The van der Waals surface area contributed by atoms with Crippen LogP contribution < -0.4 is 4.74 Å². The monoisotopic (exact) mass is 421 g/mol. The molecular weight excluding hydrogens is 393 g/mol.